The molecule has 0 radical (unpaired) electrons. The number of imidazole rings is 1. The van der Waals surface area contributed by atoms with E-state index in [0.717, 1.165) is 4.90 Å². The number of carbonyl (C=O) groups is 2. The first-order valence-electron chi connectivity index (χ1n) is 11.5. The lowest BCUT2D eigenvalue weighted by Gasteiger charge is -2.23. The Hall–Kier alpha value is -5.46. The van der Waals surface area contributed by atoms with Crippen LogP contribution in [0.2, 0.25) is 0 Å². The van der Waals surface area contributed by atoms with Crippen molar-refractivity contribution in [3.05, 3.63) is 95.4 Å². The van der Waals surface area contributed by atoms with Crippen molar-refractivity contribution in [2.45, 2.75) is 13.0 Å². The van der Waals surface area contributed by atoms with Crippen LogP contribution in [-0.4, -0.2) is 37.1 Å². The van der Waals surface area contributed by atoms with Crippen LogP contribution in [0.3, 0.4) is 0 Å². The Morgan fingerprint density at radius 3 is 2.21 bits per heavy atom. The summed E-state index contributed by atoms with van der Waals surface area (Å²) in [5.41, 5.74) is 13.5. The van der Waals surface area contributed by atoms with Crippen LogP contribution < -0.4 is 16.4 Å². The van der Waals surface area contributed by atoms with Crippen LogP contribution in [0.4, 0.5) is 30.9 Å². The van der Waals surface area contributed by atoms with E-state index in [1.165, 1.54) is 28.8 Å². The van der Waals surface area contributed by atoms with E-state index in [4.69, 9.17) is 11.5 Å². The highest BCUT2D eigenvalue weighted by Crippen LogP contribution is 2.33. The van der Waals surface area contributed by atoms with E-state index in [1.54, 1.807) is 42.6 Å². The van der Waals surface area contributed by atoms with Gasteiger partial charge in [-0.15, -0.1) is 0 Å². The number of nitrogens with two attached hydrogens (primary N) is 2. The van der Waals surface area contributed by atoms with Crippen LogP contribution in [0.1, 0.15) is 17.0 Å². The van der Waals surface area contributed by atoms with E-state index < -0.39 is 17.7 Å². The molecule has 4 N–H and O–H groups in total. The molecule has 0 aliphatic heterocycles. The zero-order valence-corrected chi connectivity index (χ0v) is 20.2. The molecule has 0 aliphatic rings. The molecule has 0 bridgehead atoms. The van der Waals surface area contributed by atoms with E-state index in [1.807, 2.05) is 0 Å². The minimum Gasteiger partial charge on any atom is -0.382 e. The Morgan fingerprint density at radius 1 is 0.923 bits per heavy atom. The second-order valence-electron chi connectivity index (χ2n) is 8.29. The lowest BCUT2D eigenvalue weighted by atomic mass is 10.1. The van der Waals surface area contributed by atoms with Gasteiger partial charge in [0.25, 0.3) is 0 Å². The molecule has 5 rings (SSSR count). The fraction of sp³-hybridized carbons (Fsp3) is 0.0769. The number of hydrogen-bond acceptors (Lipinski definition) is 9. The van der Waals surface area contributed by atoms with E-state index in [9.17, 15) is 18.4 Å². The van der Waals surface area contributed by atoms with Gasteiger partial charge >= 0.3 is 12.6 Å². The summed E-state index contributed by atoms with van der Waals surface area (Å²) in [6.45, 7) is -0.444. The number of rotatable bonds is 7. The van der Waals surface area contributed by atoms with Crippen molar-refractivity contribution in [3.63, 3.8) is 0 Å². The fourth-order valence-corrected chi connectivity index (χ4v) is 4.09. The topological polar surface area (TPSA) is 155 Å². The van der Waals surface area contributed by atoms with Gasteiger partial charge in [-0.25, -0.2) is 33.0 Å². The fourth-order valence-electron chi connectivity index (χ4n) is 4.09. The Balaban J connectivity index is 1.58. The normalized spacial score (nSPS) is 10.9. The third-order valence-electron chi connectivity index (χ3n) is 5.86. The van der Waals surface area contributed by atoms with Crippen LogP contribution in [0, 0.1) is 11.6 Å². The van der Waals surface area contributed by atoms with E-state index in [2.05, 4.69) is 24.8 Å². The van der Waals surface area contributed by atoms with Crippen molar-refractivity contribution in [1.82, 2.24) is 24.6 Å². The number of halogens is 2. The molecule has 13 heteroatoms. The number of ether oxygens (including phenoxy) is 1. The van der Waals surface area contributed by atoms with Crippen molar-refractivity contribution in [1.29, 1.82) is 0 Å². The van der Waals surface area contributed by atoms with Crippen molar-refractivity contribution in [2.75, 3.05) is 16.4 Å². The van der Waals surface area contributed by atoms with Gasteiger partial charge in [0.1, 0.15) is 28.8 Å². The summed E-state index contributed by atoms with van der Waals surface area (Å²) in [6, 6.07) is 15.4. The predicted molar refractivity (Wildman–Crippen MR) is 137 cm³/mol. The molecule has 0 fully saturated rings. The highest BCUT2D eigenvalue weighted by molar-refractivity contribution is 5.97. The lowest BCUT2D eigenvalue weighted by molar-refractivity contribution is -0.123. The third kappa shape index (κ3) is 4.92. The number of hydrogen-bond donors (Lipinski definition) is 2. The molecule has 0 unspecified atom stereocenters. The lowest BCUT2D eigenvalue weighted by Crippen LogP contribution is -2.33. The molecule has 3 aromatic heterocycles. The monoisotopic (exact) mass is 530 g/mol. The summed E-state index contributed by atoms with van der Waals surface area (Å²) in [6.07, 6.45) is 0.517. The van der Waals surface area contributed by atoms with Crippen molar-refractivity contribution < 1.29 is 23.1 Å². The molecular formula is C26H20F2N8O3. The summed E-state index contributed by atoms with van der Waals surface area (Å²) in [5, 5.41) is 4.32. The molecule has 196 valence electrons. The van der Waals surface area contributed by atoms with Crippen LogP contribution in [-0.2, 0) is 22.5 Å². The number of nitrogens with zero attached hydrogens (tertiary/aromatic N) is 6. The van der Waals surface area contributed by atoms with Crippen molar-refractivity contribution in [3.8, 4) is 11.5 Å². The van der Waals surface area contributed by atoms with Gasteiger partial charge in [-0.2, -0.15) is 5.10 Å². The van der Waals surface area contributed by atoms with Crippen molar-refractivity contribution in [2.24, 2.45) is 0 Å². The van der Waals surface area contributed by atoms with Crippen LogP contribution >= 0.6 is 0 Å². The number of carbonyl (C=O) groups excluding carboxylic acids is 2. The van der Waals surface area contributed by atoms with Gasteiger partial charge < -0.3 is 16.2 Å². The van der Waals surface area contributed by atoms with Gasteiger partial charge in [0, 0.05) is 18.2 Å². The van der Waals surface area contributed by atoms with E-state index in [0.29, 0.717) is 16.9 Å². The van der Waals surface area contributed by atoms with Gasteiger partial charge in [-0.1, -0.05) is 36.4 Å². The summed E-state index contributed by atoms with van der Waals surface area (Å²) in [5.74, 6) is -1.08. The third-order valence-corrected chi connectivity index (χ3v) is 5.86. The van der Waals surface area contributed by atoms with Gasteiger partial charge in [0.15, 0.2) is 17.5 Å². The Labute approximate surface area is 219 Å². The number of fused-ring (bicyclic) bond motifs is 1. The van der Waals surface area contributed by atoms with Crippen LogP contribution in [0.15, 0.2) is 66.9 Å². The number of anilines is 3. The van der Waals surface area contributed by atoms with E-state index >= 15 is 0 Å². The zero-order valence-electron chi connectivity index (χ0n) is 20.2. The highest BCUT2D eigenvalue weighted by atomic mass is 19.1. The maximum atomic E-state index is 14.4. The molecule has 11 nitrogen and oxygen atoms in total. The van der Waals surface area contributed by atoms with Gasteiger partial charge in [-0.05, 0) is 29.8 Å². The number of amides is 1. The smallest absolute Gasteiger partial charge is 0.382 e. The number of aromatic nitrogens is 5. The zero-order chi connectivity index (χ0) is 27.5. The average Bonchev–Trinajstić information content (AvgIpc) is 3.28. The summed E-state index contributed by atoms with van der Waals surface area (Å²) >= 11 is 0. The Morgan fingerprint density at radius 2 is 1.56 bits per heavy atom. The Bertz CT molecular complexity index is 1690. The molecule has 0 aliphatic carbocycles. The first kappa shape index (κ1) is 25.2. The highest BCUT2D eigenvalue weighted by Gasteiger charge is 2.27. The molecule has 0 atom stereocenters. The minimum absolute atomic E-state index is 0.00799. The molecular weight excluding hydrogens is 510 g/mol. The molecule has 39 heavy (non-hydrogen) atoms. The van der Waals surface area contributed by atoms with Crippen molar-refractivity contribution >= 4 is 35.4 Å². The molecule has 1 amide bonds. The molecule has 0 saturated carbocycles. The van der Waals surface area contributed by atoms with E-state index in [-0.39, 0.29) is 53.8 Å². The quantitative estimate of drug-likeness (QED) is 0.237. The summed E-state index contributed by atoms with van der Waals surface area (Å²) in [4.78, 5) is 37.6. The van der Waals surface area contributed by atoms with Gasteiger partial charge in [-0.3, -0.25) is 9.69 Å². The molecule has 2 aromatic carbocycles. The maximum Gasteiger partial charge on any atom is 0.422 e. The second kappa shape index (κ2) is 10.5. The SMILES string of the molecule is Nc1nc(-c2nc(Cc3ccccc3F)n3ncccc23)nc(N)c1N(Cc1ccccc1F)C(=O)OC=O. The number of benzene rings is 2. The number of nitrogen functional groups attached to an aromatic ring is 2. The first-order chi connectivity index (χ1) is 18.9. The van der Waals surface area contributed by atoms with Crippen LogP contribution in [0.5, 0.6) is 0 Å². The average molecular weight is 530 g/mol. The summed E-state index contributed by atoms with van der Waals surface area (Å²) in [7, 11) is 0. The minimum atomic E-state index is -1.16. The molecule has 0 spiro atoms. The first-order valence-corrected chi connectivity index (χ1v) is 11.5. The molecule has 0 saturated heterocycles. The predicted octanol–water partition coefficient (Wildman–Crippen LogP) is 3.52. The van der Waals surface area contributed by atoms with Gasteiger partial charge in [0.2, 0.25) is 0 Å². The van der Waals surface area contributed by atoms with Gasteiger partial charge in [0.05, 0.1) is 12.1 Å². The summed E-state index contributed by atoms with van der Waals surface area (Å²) < 4.78 is 34.7. The molecule has 3 heterocycles. The molecule has 5 aromatic rings. The maximum absolute atomic E-state index is 14.4. The Kier molecular flexibility index (Phi) is 6.78. The standard InChI is InChI=1S/C26H20F2N8O3/c27-17-8-3-1-6-15(17)12-20-32-21(19-10-5-11-31-36(19)20)25-33-23(29)22(24(30)34-25)35(26(38)39-14-37)13-16-7-2-4-9-18(16)28/h1-11,14H,12-13H2,(H4,29,30,33,34). The largest absolute Gasteiger partial charge is 0.422 e. The second-order valence-corrected chi connectivity index (χ2v) is 8.29. The van der Waals surface area contributed by atoms with Crippen LogP contribution in [0.25, 0.3) is 17.0 Å².